The summed E-state index contributed by atoms with van der Waals surface area (Å²) in [6.45, 7) is 0. The second-order valence-electron chi connectivity index (χ2n) is 5.83. The van der Waals surface area contributed by atoms with E-state index in [0.717, 1.165) is 21.3 Å². The smallest absolute Gasteiger partial charge is 0.255 e. The highest BCUT2D eigenvalue weighted by Crippen LogP contribution is 2.35. The van der Waals surface area contributed by atoms with Crippen LogP contribution in [0.5, 0.6) is 0 Å². The molecule has 1 amide bonds. The SMILES string of the molecule is Nc1nc2c(-c3cccc(Cl)c3)cc(C(=O)Nc3ccc(=O)[nH]c3)cc2s1. The molecule has 0 saturated heterocycles. The van der Waals surface area contributed by atoms with E-state index in [0.29, 0.717) is 21.4 Å². The second-order valence-corrected chi connectivity index (χ2v) is 7.33. The van der Waals surface area contributed by atoms with Crippen molar-refractivity contribution in [3.05, 3.63) is 75.7 Å². The summed E-state index contributed by atoms with van der Waals surface area (Å²) in [6.07, 6.45) is 1.45. The maximum atomic E-state index is 12.7. The molecule has 4 aromatic rings. The number of carbonyl (C=O) groups is 1. The number of carbonyl (C=O) groups excluding carboxylic acids is 1. The van der Waals surface area contributed by atoms with Gasteiger partial charge in [-0.05, 0) is 35.9 Å². The molecule has 0 fully saturated rings. The van der Waals surface area contributed by atoms with Crippen molar-refractivity contribution in [3.63, 3.8) is 0 Å². The fourth-order valence-corrected chi connectivity index (χ4v) is 3.74. The number of thiazole rings is 1. The van der Waals surface area contributed by atoms with Gasteiger partial charge in [0.1, 0.15) is 0 Å². The largest absolute Gasteiger partial charge is 0.375 e. The first kappa shape index (κ1) is 17.3. The number of aromatic nitrogens is 2. The van der Waals surface area contributed by atoms with Gasteiger partial charge in [0.2, 0.25) is 5.56 Å². The Morgan fingerprint density at radius 3 is 2.78 bits per heavy atom. The van der Waals surface area contributed by atoms with Gasteiger partial charge in [-0.15, -0.1) is 0 Å². The number of nitrogens with one attached hydrogen (secondary N) is 2. The average Bonchev–Trinajstić information content (AvgIpc) is 3.02. The Labute approximate surface area is 162 Å². The highest BCUT2D eigenvalue weighted by atomic mass is 35.5. The first-order valence-corrected chi connectivity index (χ1v) is 9.15. The Hall–Kier alpha value is -3.16. The zero-order valence-electron chi connectivity index (χ0n) is 13.8. The van der Waals surface area contributed by atoms with Gasteiger partial charge >= 0.3 is 0 Å². The number of fused-ring (bicyclic) bond motifs is 1. The number of hydrogen-bond acceptors (Lipinski definition) is 5. The minimum absolute atomic E-state index is 0.238. The van der Waals surface area contributed by atoms with Crippen molar-refractivity contribution < 1.29 is 4.79 Å². The predicted octanol–water partition coefficient (Wildman–Crippen LogP) is 4.14. The number of rotatable bonds is 3. The number of H-pyrrole nitrogens is 1. The molecule has 0 aliphatic carbocycles. The Bertz CT molecular complexity index is 1210. The summed E-state index contributed by atoms with van der Waals surface area (Å²) >= 11 is 7.43. The van der Waals surface area contributed by atoms with Crippen LogP contribution in [-0.2, 0) is 0 Å². The third-order valence-corrected chi connectivity index (χ3v) is 5.02. The lowest BCUT2D eigenvalue weighted by molar-refractivity contribution is 0.102. The number of anilines is 2. The van der Waals surface area contributed by atoms with E-state index in [-0.39, 0.29) is 11.5 Å². The van der Waals surface area contributed by atoms with Gasteiger partial charge in [-0.1, -0.05) is 35.1 Å². The van der Waals surface area contributed by atoms with E-state index in [9.17, 15) is 9.59 Å². The third kappa shape index (κ3) is 3.55. The summed E-state index contributed by atoms with van der Waals surface area (Å²) < 4.78 is 0.802. The van der Waals surface area contributed by atoms with Crippen LogP contribution in [0.15, 0.2) is 59.5 Å². The lowest BCUT2D eigenvalue weighted by Gasteiger charge is -2.09. The molecule has 2 aromatic carbocycles. The van der Waals surface area contributed by atoms with E-state index in [1.54, 1.807) is 18.2 Å². The zero-order chi connectivity index (χ0) is 19.0. The number of nitrogens with zero attached hydrogens (tertiary/aromatic N) is 1. The molecule has 134 valence electrons. The number of pyridine rings is 1. The van der Waals surface area contributed by atoms with E-state index in [1.807, 2.05) is 18.2 Å². The van der Waals surface area contributed by atoms with E-state index in [1.165, 1.54) is 29.7 Å². The molecule has 0 aliphatic heterocycles. The quantitative estimate of drug-likeness (QED) is 0.484. The minimum atomic E-state index is -0.306. The molecule has 0 radical (unpaired) electrons. The van der Waals surface area contributed by atoms with Crippen molar-refractivity contribution in [3.8, 4) is 11.1 Å². The highest BCUT2D eigenvalue weighted by Gasteiger charge is 2.15. The van der Waals surface area contributed by atoms with Crippen molar-refractivity contribution in [2.75, 3.05) is 11.1 Å². The molecule has 8 heteroatoms. The maximum Gasteiger partial charge on any atom is 0.255 e. The van der Waals surface area contributed by atoms with Crippen LogP contribution in [0.25, 0.3) is 21.3 Å². The van der Waals surface area contributed by atoms with Gasteiger partial charge in [0, 0.05) is 28.4 Å². The summed E-state index contributed by atoms with van der Waals surface area (Å²) in [6, 6.07) is 13.7. The Morgan fingerprint density at radius 2 is 2.04 bits per heavy atom. The van der Waals surface area contributed by atoms with Gasteiger partial charge in [-0.2, -0.15) is 0 Å². The topological polar surface area (TPSA) is 101 Å². The Morgan fingerprint density at radius 1 is 1.19 bits per heavy atom. The van der Waals surface area contributed by atoms with Gasteiger partial charge in [-0.3, -0.25) is 9.59 Å². The Balaban J connectivity index is 1.80. The maximum absolute atomic E-state index is 12.7. The molecule has 4 rings (SSSR count). The van der Waals surface area contributed by atoms with Crippen molar-refractivity contribution in [1.29, 1.82) is 0 Å². The molecule has 0 saturated carbocycles. The number of halogens is 1. The van der Waals surface area contributed by atoms with E-state index < -0.39 is 0 Å². The summed E-state index contributed by atoms with van der Waals surface area (Å²) in [5.74, 6) is -0.306. The van der Waals surface area contributed by atoms with Gasteiger partial charge in [-0.25, -0.2) is 4.98 Å². The van der Waals surface area contributed by atoms with E-state index in [4.69, 9.17) is 17.3 Å². The molecular weight excluding hydrogens is 384 g/mol. The molecule has 27 heavy (non-hydrogen) atoms. The van der Waals surface area contributed by atoms with Crippen molar-refractivity contribution in [2.45, 2.75) is 0 Å². The molecule has 0 atom stereocenters. The first-order chi connectivity index (χ1) is 13.0. The summed E-state index contributed by atoms with van der Waals surface area (Å²) in [4.78, 5) is 30.8. The van der Waals surface area contributed by atoms with Crippen LogP contribution in [0.4, 0.5) is 10.8 Å². The lowest BCUT2D eigenvalue weighted by Crippen LogP contribution is -2.13. The number of amides is 1. The molecule has 2 heterocycles. The second kappa shape index (κ2) is 6.86. The minimum Gasteiger partial charge on any atom is -0.375 e. The van der Waals surface area contributed by atoms with Crippen LogP contribution in [0.1, 0.15) is 10.4 Å². The van der Waals surface area contributed by atoms with Crippen LogP contribution in [0.2, 0.25) is 5.02 Å². The fraction of sp³-hybridized carbons (Fsp3) is 0. The predicted molar refractivity (Wildman–Crippen MR) is 109 cm³/mol. The van der Waals surface area contributed by atoms with Gasteiger partial charge in [0.25, 0.3) is 5.91 Å². The van der Waals surface area contributed by atoms with Crippen LogP contribution in [0.3, 0.4) is 0 Å². The van der Waals surface area contributed by atoms with Gasteiger partial charge in [0.05, 0.1) is 15.9 Å². The van der Waals surface area contributed by atoms with Crippen molar-refractivity contribution in [1.82, 2.24) is 9.97 Å². The number of nitrogens with two attached hydrogens (primary N) is 1. The molecule has 0 spiro atoms. The zero-order valence-corrected chi connectivity index (χ0v) is 15.4. The molecular formula is C19H13ClN4O2S. The van der Waals surface area contributed by atoms with Crippen LogP contribution in [-0.4, -0.2) is 15.9 Å². The van der Waals surface area contributed by atoms with Crippen LogP contribution >= 0.6 is 22.9 Å². The summed E-state index contributed by atoms with van der Waals surface area (Å²) in [5, 5.41) is 3.78. The molecule has 0 aliphatic rings. The number of nitrogen functional groups attached to an aromatic ring is 1. The van der Waals surface area contributed by atoms with E-state index >= 15 is 0 Å². The number of aromatic amines is 1. The van der Waals surface area contributed by atoms with E-state index in [2.05, 4.69) is 15.3 Å². The van der Waals surface area contributed by atoms with Crippen LogP contribution < -0.4 is 16.6 Å². The van der Waals surface area contributed by atoms with Crippen molar-refractivity contribution in [2.24, 2.45) is 0 Å². The number of benzene rings is 2. The first-order valence-electron chi connectivity index (χ1n) is 7.96. The summed E-state index contributed by atoms with van der Waals surface area (Å²) in [7, 11) is 0. The monoisotopic (exact) mass is 396 g/mol. The highest BCUT2D eigenvalue weighted by molar-refractivity contribution is 7.22. The third-order valence-electron chi connectivity index (χ3n) is 3.95. The molecule has 0 unspecified atom stereocenters. The normalized spacial score (nSPS) is 10.9. The molecule has 4 N–H and O–H groups in total. The standard InChI is InChI=1S/C19H13ClN4O2S/c20-12-3-1-2-10(6-12)14-7-11(8-15-17(14)24-19(21)27-15)18(26)23-13-4-5-16(25)22-9-13/h1-9H,(H2,21,24)(H,22,25)(H,23,26). The number of hydrogen-bond donors (Lipinski definition) is 3. The van der Waals surface area contributed by atoms with Gasteiger partial charge in [0.15, 0.2) is 5.13 Å². The Kier molecular flexibility index (Phi) is 4.39. The summed E-state index contributed by atoms with van der Waals surface area (Å²) in [5.41, 5.74) is 8.92. The average molecular weight is 397 g/mol. The fourth-order valence-electron chi connectivity index (χ4n) is 2.75. The molecule has 2 aromatic heterocycles. The lowest BCUT2D eigenvalue weighted by atomic mass is 10.0. The van der Waals surface area contributed by atoms with Crippen molar-refractivity contribution >= 4 is 49.9 Å². The van der Waals surface area contributed by atoms with Gasteiger partial charge < -0.3 is 16.0 Å². The van der Waals surface area contributed by atoms with Crippen LogP contribution in [0, 0.1) is 0 Å². The molecule has 6 nitrogen and oxygen atoms in total. The molecule has 0 bridgehead atoms.